The van der Waals surface area contributed by atoms with E-state index >= 15 is 0 Å². The summed E-state index contributed by atoms with van der Waals surface area (Å²) in [5.74, 6) is 0.0214. The highest BCUT2D eigenvalue weighted by Crippen LogP contribution is 2.19. The Morgan fingerprint density at radius 2 is 1.95 bits per heavy atom. The first-order valence-electron chi connectivity index (χ1n) is 6.75. The summed E-state index contributed by atoms with van der Waals surface area (Å²) in [6, 6.07) is 11.8. The van der Waals surface area contributed by atoms with Gasteiger partial charge in [-0.25, -0.2) is 0 Å². The number of nitrogens with zero attached hydrogens (tertiary/aromatic N) is 1. The third-order valence-electron chi connectivity index (χ3n) is 3.45. The van der Waals surface area contributed by atoms with Crippen molar-refractivity contribution in [3.63, 3.8) is 0 Å². The molecule has 0 unspecified atom stereocenters. The SMILES string of the molecule is Cc1ccccc1CC(=O)NC(C)(C)c1cccnc1. The van der Waals surface area contributed by atoms with Crippen molar-refractivity contribution in [2.75, 3.05) is 0 Å². The number of aromatic nitrogens is 1. The van der Waals surface area contributed by atoms with Crippen molar-refractivity contribution in [2.45, 2.75) is 32.7 Å². The Labute approximate surface area is 120 Å². The quantitative estimate of drug-likeness (QED) is 0.926. The molecule has 1 heterocycles. The van der Waals surface area contributed by atoms with Crippen LogP contribution < -0.4 is 5.32 Å². The third-order valence-corrected chi connectivity index (χ3v) is 3.45. The summed E-state index contributed by atoms with van der Waals surface area (Å²) in [6.45, 7) is 5.99. The Balaban J connectivity index is 2.07. The standard InChI is InChI=1S/C17H20N2O/c1-13-7-4-5-8-14(13)11-16(20)19-17(2,3)15-9-6-10-18-12-15/h4-10,12H,11H2,1-3H3,(H,19,20). The van der Waals surface area contributed by atoms with Gasteiger partial charge >= 0.3 is 0 Å². The van der Waals surface area contributed by atoms with Gasteiger partial charge in [0.05, 0.1) is 12.0 Å². The maximum absolute atomic E-state index is 12.2. The van der Waals surface area contributed by atoms with Crippen LogP contribution in [0, 0.1) is 6.92 Å². The molecule has 2 rings (SSSR count). The van der Waals surface area contributed by atoms with E-state index in [1.54, 1.807) is 12.4 Å². The molecule has 0 spiro atoms. The van der Waals surface area contributed by atoms with E-state index in [0.717, 1.165) is 16.7 Å². The largest absolute Gasteiger partial charge is 0.347 e. The number of aryl methyl sites for hydroxylation is 1. The molecule has 3 nitrogen and oxygen atoms in total. The summed E-state index contributed by atoms with van der Waals surface area (Å²) in [5, 5.41) is 3.07. The van der Waals surface area contributed by atoms with Crippen LogP contribution in [0.3, 0.4) is 0 Å². The summed E-state index contributed by atoms with van der Waals surface area (Å²) >= 11 is 0. The van der Waals surface area contributed by atoms with E-state index in [-0.39, 0.29) is 5.91 Å². The summed E-state index contributed by atoms with van der Waals surface area (Å²) in [5.41, 5.74) is 2.78. The van der Waals surface area contributed by atoms with Crippen LogP contribution >= 0.6 is 0 Å². The van der Waals surface area contributed by atoms with E-state index in [4.69, 9.17) is 0 Å². The van der Waals surface area contributed by atoms with Crippen LogP contribution in [0.25, 0.3) is 0 Å². The lowest BCUT2D eigenvalue weighted by Crippen LogP contribution is -2.41. The first kappa shape index (κ1) is 14.3. The van der Waals surface area contributed by atoms with Gasteiger partial charge in [0.25, 0.3) is 0 Å². The Hall–Kier alpha value is -2.16. The van der Waals surface area contributed by atoms with Crippen molar-refractivity contribution in [3.05, 3.63) is 65.5 Å². The molecule has 0 aliphatic heterocycles. The number of carbonyl (C=O) groups is 1. The molecule has 0 atom stereocenters. The van der Waals surface area contributed by atoms with Crippen LogP contribution in [-0.4, -0.2) is 10.9 Å². The van der Waals surface area contributed by atoms with Gasteiger partial charge in [-0.2, -0.15) is 0 Å². The Morgan fingerprint density at radius 3 is 2.60 bits per heavy atom. The zero-order valence-corrected chi connectivity index (χ0v) is 12.2. The second-order valence-electron chi connectivity index (χ2n) is 5.52. The molecule has 1 N–H and O–H groups in total. The molecule has 0 saturated heterocycles. The van der Waals surface area contributed by atoms with E-state index < -0.39 is 5.54 Å². The number of hydrogen-bond acceptors (Lipinski definition) is 2. The van der Waals surface area contributed by atoms with E-state index in [9.17, 15) is 4.79 Å². The van der Waals surface area contributed by atoms with Crippen molar-refractivity contribution < 1.29 is 4.79 Å². The van der Waals surface area contributed by atoms with Crippen LogP contribution in [0.1, 0.15) is 30.5 Å². The molecule has 104 valence electrons. The topological polar surface area (TPSA) is 42.0 Å². The summed E-state index contributed by atoms with van der Waals surface area (Å²) in [7, 11) is 0. The predicted molar refractivity (Wildman–Crippen MR) is 80.3 cm³/mol. The zero-order valence-electron chi connectivity index (χ0n) is 12.2. The van der Waals surface area contributed by atoms with Crippen LogP contribution in [0.15, 0.2) is 48.8 Å². The highest BCUT2D eigenvalue weighted by molar-refractivity contribution is 5.79. The molecule has 1 aromatic heterocycles. The van der Waals surface area contributed by atoms with E-state index in [2.05, 4.69) is 10.3 Å². The number of benzene rings is 1. The van der Waals surface area contributed by atoms with Crippen molar-refractivity contribution in [2.24, 2.45) is 0 Å². The number of pyridine rings is 1. The first-order valence-corrected chi connectivity index (χ1v) is 6.75. The Kier molecular flexibility index (Phi) is 4.18. The highest BCUT2D eigenvalue weighted by Gasteiger charge is 2.23. The fourth-order valence-corrected chi connectivity index (χ4v) is 2.18. The molecule has 2 aromatic rings. The zero-order chi connectivity index (χ0) is 14.6. The fourth-order valence-electron chi connectivity index (χ4n) is 2.18. The Bertz CT molecular complexity index is 591. The molecular weight excluding hydrogens is 248 g/mol. The van der Waals surface area contributed by atoms with Gasteiger partial charge in [0.2, 0.25) is 5.91 Å². The number of nitrogens with one attached hydrogen (secondary N) is 1. The molecular formula is C17H20N2O. The maximum atomic E-state index is 12.2. The van der Waals surface area contributed by atoms with Crippen LogP contribution in [0.4, 0.5) is 0 Å². The first-order chi connectivity index (χ1) is 9.49. The molecule has 1 amide bonds. The average Bonchev–Trinajstić information content (AvgIpc) is 2.42. The van der Waals surface area contributed by atoms with E-state index in [1.165, 1.54) is 0 Å². The summed E-state index contributed by atoms with van der Waals surface area (Å²) < 4.78 is 0. The molecule has 0 saturated carbocycles. The second kappa shape index (κ2) is 5.87. The average molecular weight is 268 g/mol. The van der Waals surface area contributed by atoms with Gasteiger partial charge in [0.1, 0.15) is 0 Å². The molecule has 0 aliphatic carbocycles. The van der Waals surface area contributed by atoms with Gasteiger partial charge in [0.15, 0.2) is 0 Å². The third kappa shape index (κ3) is 3.44. The number of hydrogen-bond donors (Lipinski definition) is 1. The lowest BCUT2D eigenvalue weighted by atomic mass is 9.95. The minimum absolute atomic E-state index is 0.0214. The van der Waals surface area contributed by atoms with Crippen LogP contribution in [-0.2, 0) is 16.8 Å². The Morgan fingerprint density at radius 1 is 1.20 bits per heavy atom. The van der Waals surface area contributed by atoms with Gasteiger partial charge < -0.3 is 5.32 Å². The summed E-state index contributed by atoms with van der Waals surface area (Å²) in [4.78, 5) is 16.3. The minimum Gasteiger partial charge on any atom is -0.347 e. The molecule has 20 heavy (non-hydrogen) atoms. The van der Waals surface area contributed by atoms with Crippen LogP contribution in [0.5, 0.6) is 0 Å². The van der Waals surface area contributed by atoms with Gasteiger partial charge in [-0.05, 0) is 43.5 Å². The normalized spacial score (nSPS) is 11.2. The monoisotopic (exact) mass is 268 g/mol. The van der Waals surface area contributed by atoms with Gasteiger partial charge in [-0.1, -0.05) is 30.3 Å². The predicted octanol–water partition coefficient (Wildman–Crippen LogP) is 2.98. The van der Waals surface area contributed by atoms with Gasteiger partial charge in [-0.3, -0.25) is 9.78 Å². The number of carbonyl (C=O) groups excluding carboxylic acids is 1. The van der Waals surface area contributed by atoms with Crippen molar-refractivity contribution in [1.82, 2.24) is 10.3 Å². The lowest BCUT2D eigenvalue weighted by Gasteiger charge is -2.26. The maximum Gasteiger partial charge on any atom is 0.225 e. The number of amides is 1. The van der Waals surface area contributed by atoms with E-state index in [1.807, 2.05) is 57.2 Å². The molecule has 0 bridgehead atoms. The highest BCUT2D eigenvalue weighted by atomic mass is 16.1. The van der Waals surface area contributed by atoms with Crippen molar-refractivity contribution in [3.8, 4) is 0 Å². The fraction of sp³-hybridized carbons (Fsp3) is 0.294. The van der Waals surface area contributed by atoms with E-state index in [0.29, 0.717) is 6.42 Å². The molecule has 0 fully saturated rings. The molecule has 1 aromatic carbocycles. The van der Waals surface area contributed by atoms with Crippen molar-refractivity contribution >= 4 is 5.91 Å². The minimum atomic E-state index is -0.423. The summed E-state index contributed by atoms with van der Waals surface area (Å²) in [6.07, 6.45) is 3.92. The molecule has 0 radical (unpaired) electrons. The lowest BCUT2D eigenvalue weighted by molar-refractivity contribution is -0.122. The van der Waals surface area contributed by atoms with Crippen LogP contribution in [0.2, 0.25) is 0 Å². The molecule has 0 aliphatic rings. The second-order valence-corrected chi connectivity index (χ2v) is 5.52. The van der Waals surface area contributed by atoms with Crippen molar-refractivity contribution in [1.29, 1.82) is 0 Å². The van der Waals surface area contributed by atoms with Gasteiger partial charge in [0, 0.05) is 12.4 Å². The molecule has 3 heteroatoms. The smallest absolute Gasteiger partial charge is 0.225 e. The number of rotatable bonds is 4. The van der Waals surface area contributed by atoms with Gasteiger partial charge in [-0.15, -0.1) is 0 Å².